The molecule has 2 aromatic rings. The highest BCUT2D eigenvalue weighted by atomic mass is 16.5. The van der Waals surface area contributed by atoms with Crippen LogP contribution in [0.15, 0.2) is 24.4 Å². The minimum Gasteiger partial charge on any atom is -0.465 e. The quantitative estimate of drug-likeness (QED) is 0.666. The van der Waals surface area contributed by atoms with E-state index in [0.717, 1.165) is 10.9 Å². The van der Waals surface area contributed by atoms with Crippen LogP contribution in [0.5, 0.6) is 0 Å². The Morgan fingerprint density at radius 2 is 2.07 bits per heavy atom. The van der Waals surface area contributed by atoms with Crippen LogP contribution in [0.25, 0.3) is 10.9 Å². The van der Waals surface area contributed by atoms with Crippen molar-refractivity contribution in [2.75, 3.05) is 7.11 Å². The van der Waals surface area contributed by atoms with Gasteiger partial charge >= 0.3 is 5.97 Å². The van der Waals surface area contributed by atoms with Gasteiger partial charge in [-0.25, -0.2) is 4.79 Å². The van der Waals surface area contributed by atoms with Crippen molar-refractivity contribution in [2.24, 2.45) is 7.05 Å². The second kappa shape index (κ2) is 3.42. The van der Waals surface area contributed by atoms with Crippen molar-refractivity contribution in [3.63, 3.8) is 0 Å². The molecule has 3 nitrogen and oxygen atoms in total. The summed E-state index contributed by atoms with van der Waals surface area (Å²) in [5.41, 5.74) is 2.71. The lowest BCUT2D eigenvalue weighted by molar-refractivity contribution is 0.0602. The average molecular weight is 203 g/mol. The molecule has 0 amide bonds. The van der Waals surface area contributed by atoms with Crippen molar-refractivity contribution >= 4 is 16.9 Å². The third-order valence-electron chi connectivity index (χ3n) is 2.66. The Balaban J connectivity index is 2.81. The number of rotatable bonds is 1. The number of methoxy groups -OCH3 is 1. The molecule has 0 bridgehead atoms. The van der Waals surface area contributed by atoms with E-state index in [1.165, 1.54) is 12.7 Å². The maximum Gasteiger partial charge on any atom is 0.340 e. The minimum atomic E-state index is -0.290. The fourth-order valence-electron chi connectivity index (χ4n) is 1.83. The highest BCUT2D eigenvalue weighted by molar-refractivity contribution is 6.04. The summed E-state index contributed by atoms with van der Waals surface area (Å²) in [6, 6.07) is 5.76. The van der Waals surface area contributed by atoms with Crippen LogP contribution < -0.4 is 0 Å². The lowest BCUT2D eigenvalue weighted by Gasteiger charge is -2.05. The summed E-state index contributed by atoms with van der Waals surface area (Å²) in [6.07, 6.45) is 1.95. The molecule has 1 aromatic carbocycles. The van der Waals surface area contributed by atoms with Crippen molar-refractivity contribution in [1.82, 2.24) is 4.57 Å². The molecular formula is C12H13NO2. The largest absolute Gasteiger partial charge is 0.465 e. The van der Waals surface area contributed by atoms with E-state index in [1.54, 1.807) is 0 Å². The highest BCUT2D eigenvalue weighted by Gasteiger charge is 2.13. The van der Waals surface area contributed by atoms with Gasteiger partial charge in [-0.2, -0.15) is 0 Å². The maximum atomic E-state index is 11.6. The fraction of sp³-hybridized carbons (Fsp3) is 0.250. The Kier molecular flexibility index (Phi) is 2.23. The number of ether oxygens (including phenoxy) is 1. The first-order valence-electron chi connectivity index (χ1n) is 4.78. The molecule has 0 aliphatic carbocycles. The van der Waals surface area contributed by atoms with Gasteiger partial charge in [0, 0.05) is 18.6 Å². The van der Waals surface area contributed by atoms with Gasteiger partial charge in [0.25, 0.3) is 0 Å². The number of aryl methyl sites for hydroxylation is 2. The van der Waals surface area contributed by atoms with Crippen LogP contribution in [0.1, 0.15) is 15.9 Å². The third kappa shape index (κ3) is 1.40. The maximum absolute atomic E-state index is 11.6. The Morgan fingerprint density at radius 1 is 1.33 bits per heavy atom. The predicted octanol–water partition coefficient (Wildman–Crippen LogP) is 2.27. The number of hydrogen-bond donors (Lipinski definition) is 0. The van der Waals surface area contributed by atoms with E-state index < -0.39 is 0 Å². The number of aromatic nitrogens is 1. The van der Waals surface area contributed by atoms with E-state index in [1.807, 2.05) is 42.9 Å². The monoisotopic (exact) mass is 203 g/mol. The van der Waals surface area contributed by atoms with Crippen molar-refractivity contribution in [1.29, 1.82) is 0 Å². The van der Waals surface area contributed by atoms with E-state index in [0.29, 0.717) is 5.56 Å². The SMILES string of the molecule is COC(=O)c1ccc(C)c2ccn(C)c12. The lowest BCUT2D eigenvalue weighted by Crippen LogP contribution is -2.04. The normalized spacial score (nSPS) is 10.6. The number of carbonyl (C=O) groups excluding carboxylic acids is 1. The van der Waals surface area contributed by atoms with Crippen LogP contribution >= 0.6 is 0 Å². The van der Waals surface area contributed by atoms with Crippen molar-refractivity contribution in [3.8, 4) is 0 Å². The van der Waals surface area contributed by atoms with Crippen LogP contribution in [0.2, 0.25) is 0 Å². The van der Waals surface area contributed by atoms with Gasteiger partial charge in [0.1, 0.15) is 0 Å². The number of carbonyl (C=O) groups is 1. The van der Waals surface area contributed by atoms with Gasteiger partial charge in [0.15, 0.2) is 0 Å². The van der Waals surface area contributed by atoms with Crippen molar-refractivity contribution in [2.45, 2.75) is 6.92 Å². The van der Waals surface area contributed by atoms with Crippen LogP contribution in [0.4, 0.5) is 0 Å². The summed E-state index contributed by atoms with van der Waals surface area (Å²) in [4.78, 5) is 11.6. The highest BCUT2D eigenvalue weighted by Crippen LogP contribution is 2.23. The standard InChI is InChI=1S/C12H13NO2/c1-8-4-5-10(12(14)15-3)11-9(8)6-7-13(11)2/h4-7H,1-3H3. The summed E-state index contributed by atoms with van der Waals surface area (Å²) in [6.45, 7) is 2.03. The summed E-state index contributed by atoms with van der Waals surface area (Å²) in [5, 5.41) is 1.10. The summed E-state index contributed by atoms with van der Waals surface area (Å²) in [7, 11) is 3.32. The van der Waals surface area contributed by atoms with Crippen LogP contribution in [-0.2, 0) is 11.8 Å². The van der Waals surface area contributed by atoms with E-state index >= 15 is 0 Å². The van der Waals surface area contributed by atoms with Crippen molar-refractivity contribution < 1.29 is 9.53 Å². The van der Waals surface area contributed by atoms with E-state index in [9.17, 15) is 4.79 Å². The zero-order valence-corrected chi connectivity index (χ0v) is 9.07. The summed E-state index contributed by atoms with van der Waals surface area (Å²) >= 11 is 0. The first-order chi connectivity index (χ1) is 7.15. The molecule has 0 unspecified atom stereocenters. The van der Waals surface area contributed by atoms with E-state index in [4.69, 9.17) is 4.74 Å². The van der Waals surface area contributed by atoms with Gasteiger partial charge in [-0.3, -0.25) is 0 Å². The topological polar surface area (TPSA) is 31.2 Å². The molecule has 0 saturated carbocycles. The number of benzene rings is 1. The molecule has 15 heavy (non-hydrogen) atoms. The molecular weight excluding hydrogens is 190 g/mol. The van der Waals surface area contributed by atoms with E-state index in [-0.39, 0.29) is 5.97 Å². The minimum absolute atomic E-state index is 0.290. The predicted molar refractivity (Wildman–Crippen MR) is 59.0 cm³/mol. The molecule has 0 atom stereocenters. The molecule has 0 aliphatic heterocycles. The Morgan fingerprint density at radius 3 is 2.73 bits per heavy atom. The number of fused-ring (bicyclic) bond motifs is 1. The summed E-state index contributed by atoms with van der Waals surface area (Å²) < 4.78 is 6.70. The van der Waals surface area contributed by atoms with Crippen LogP contribution in [0, 0.1) is 6.92 Å². The number of hydrogen-bond acceptors (Lipinski definition) is 2. The molecule has 0 saturated heterocycles. The molecule has 0 aliphatic rings. The van der Waals surface area contributed by atoms with Gasteiger partial charge in [-0.15, -0.1) is 0 Å². The second-order valence-corrected chi connectivity index (χ2v) is 3.61. The lowest BCUT2D eigenvalue weighted by atomic mass is 10.1. The first kappa shape index (κ1) is 9.77. The van der Waals surface area contributed by atoms with E-state index in [2.05, 4.69) is 0 Å². The van der Waals surface area contributed by atoms with Crippen LogP contribution in [0.3, 0.4) is 0 Å². The zero-order valence-electron chi connectivity index (χ0n) is 9.07. The van der Waals surface area contributed by atoms with Gasteiger partial charge in [0.05, 0.1) is 18.2 Å². The van der Waals surface area contributed by atoms with Gasteiger partial charge < -0.3 is 9.30 Å². The van der Waals surface area contributed by atoms with Gasteiger partial charge in [0.2, 0.25) is 0 Å². The third-order valence-corrected chi connectivity index (χ3v) is 2.66. The number of nitrogens with zero attached hydrogens (tertiary/aromatic N) is 1. The van der Waals surface area contributed by atoms with Gasteiger partial charge in [-0.05, 0) is 24.6 Å². The molecule has 0 spiro atoms. The van der Waals surface area contributed by atoms with Crippen LogP contribution in [-0.4, -0.2) is 17.6 Å². The molecule has 78 valence electrons. The van der Waals surface area contributed by atoms with Gasteiger partial charge in [-0.1, -0.05) is 6.07 Å². The Labute approximate surface area is 88.3 Å². The Bertz CT molecular complexity index is 526. The molecule has 0 fully saturated rings. The van der Waals surface area contributed by atoms with Crippen molar-refractivity contribution in [3.05, 3.63) is 35.5 Å². The zero-order chi connectivity index (χ0) is 11.0. The molecule has 0 radical (unpaired) electrons. The average Bonchev–Trinajstić information content (AvgIpc) is 2.62. The molecule has 0 N–H and O–H groups in total. The molecule has 2 rings (SSSR count). The number of esters is 1. The molecule has 1 aromatic heterocycles. The molecule has 3 heteroatoms. The first-order valence-corrected chi connectivity index (χ1v) is 4.78. The Hall–Kier alpha value is -1.77. The molecule has 1 heterocycles. The smallest absolute Gasteiger partial charge is 0.340 e. The second-order valence-electron chi connectivity index (χ2n) is 3.61. The summed E-state index contributed by atoms with van der Waals surface area (Å²) in [5.74, 6) is -0.290. The fourth-order valence-corrected chi connectivity index (χ4v) is 1.83.